The van der Waals surface area contributed by atoms with E-state index in [1.165, 1.54) is 0 Å². The van der Waals surface area contributed by atoms with Crippen LogP contribution >= 0.6 is 7.82 Å². The average Bonchev–Trinajstić information content (AvgIpc) is 2.52. The Morgan fingerprint density at radius 3 is 2.25 bits per heavy atom. The Bertz CT molecular complexity index is 369. The van der Waals surface area contributed by atoms with Crippen molar-refractivity contribution in [3.8, 4) is 0 Å². The second kappa shape index (κ2) is 6.05. The molecule has 0 aromatic rings. The average molecular weight is 308 g/mol. The van der Waals surface area contributed by atoms with E-state index >= 15 is 0 Å². The Morgan fingerprint density at radius 2 is 1.80 bits per heavy atom. The second-order valence-corrected chi connectivity index (χ2v) is 9.04. The maximum Gasteiger partial charge on any atom is 0.472 e. The minimum atomic E-state index is -4.05. The summed E-state index contributed by atoms with van der Waals surface area (Å²) in [4.78, 5) is 9.72. The van der Waals surface area contributed by atoms with E-state index in [0.717, 1.165) is 6.42 Å². The van der Waals surface area contributed by atoms with Crippen molar-refractivity contribution in [2.45, 2.75) is 72.7 Å². The van der Waals surface area contributed by atoms with E-state index in [1.54, 1.807) is 20.8 Å². The summed E-state index contributed by atoms with van der Waals surface area (Å²) in [5, 5.41) is 0. The molecule has 0 spiro atoms. The molecule has 20 heavy (non-hydrogen) atoms. The Morgan fingerprint density at radius 1 is 1.25 bits per heavy atom. The number of rotatable bonds is 4. The van der Waals surface area contributed by atoms with Gasteiger partial charge >= 0.3 is 7.82 Å². The van der Waals surface area contributed by atoms with Gasteiger partial charge in [-0.1, -0.05) is 20.8 Å². The minimum absolute atomic E-state index is 0.0725. The van der Waals surface area contributed by atoms with E-state index in [-0.39, 0.29) is 24.2 Å². The zero-order valence-electron chi connectivity index (χ0n) is 13.7. The predicted molar refractivity (Wildman–Crippen MR) is 78.5 cm³/mol. The fourth-order valence-electron chi connectivity index (χ4n) is 2.56. The van der Waals surface area contributed by atoms with Crippen LogP contribution in [0.25, 0.3) is 0 Å². The lowest BCUT2D eigenvalue weighted by Crippen LogP contribution is -2.32. The van der Waals surface area contributed by atoms with E-state index in [4.69, 9.17) is 13.8 Å². The fraction of sp³-hybridized carbons (Fsp3) is 1.00. The molecule has 1 fully saturated rings. The number of hydrogen-bond donors (Lipinski definition) is 1. The minimum Gasteiger partial charge on any atom is -0.373 e. The van der Waals surface area contributed by atoms with Crippen molar-refractivity contribution in [2.75, 3.05) is 6.61 Å². The molecule has 0 aromatic carbocycles. The molecule has 0 saturated carbocycles. The summed E-state index contributed by atoms with van der Waals surface area (Å²) in [6.07, 6.45) is 0.913. The molecule has 4 atom stereocenters. The van der Waals surface area contributed by atoms with Crippen molar-refractivity contribution in [1.29, 1.82) is 0 Å². The van der Waals surface area contributed by atoms with Gasteiger partial charge < -0.3 is 9.63 Å². The maximum absolute atomic E-state index is 11.9. The zero-order valence-corrected chi connectivity index (χ0v) is 14.6. The van der Waals surface area contributed by atoms with Crippen LogP contribution in [0.4, 0.5) is 0 Å². The van der Waals surface area contributed by atoms with E-state index < -0.39 is 13.4 Å². The van der Waals surface area contributed by atoms with Crippen molar-refractivity contribution in [3.05, 3.63) is 0 Å². The summed E-state index contributed by atoms with van der Waals surface area (Å²) in [5.74, 6) is 0.298. The van der Waals surface area contributed by atoms with Gasteiger partial charge in [0.2, 0.25) is 0 Å². The second-order valence-electron chi connectivity index (χ2n) is 7.66. The third-order valence-corrected chi connectivity index (χ3v) is 4.60. The van der Waals surface area contributed by atoms with E-state index in [9.17, 15) is 9.46 Å². The summed E-state index contributed by atoms with van der Waals surface area (Å²) >= 11 is 0. The van der Waals surface area contributed by atoms with Gasteiger partial charge in [0.05, 0.1) is 24.4 Å². The van der Waals surface area contributed by atoms with Crippen molar-refractivity contribution in [3.63, 3.8) is 0 Å². The SMILES string of the molecule is CC1CC(C(C)(C)C)C(COP(=O)(O)OC(C)(C)C)O1. The van der Waals surface area contributed by atoms with Gasteiger partial charge in [-0.15, -0.1) is 0 Å². The standard InChI is InChI=1S/C14H29O5P/c1-10-8-11(13(2,3)4)12(18-10)9-17-20(15,16)19-14(5,6)7/h10-12H,8-9H2,1-7H3,(H,15,16). The first kappa shape index (κ1) is 18.1. The molecule has 0 bridgehead atoms. The molecule has 5 nitrogen and oxygen atoms in total. The van der Waals surface area contributed by atoms with Crippen LogP contribution in [0.1, 0.15) is 54.9 Å². The topological polar surface area (TPSA) is 65.0 Å². The van der Waals surface area contributed by atoms with E-state index in [2.05, 4.69) is 20.8 Å². The summed E-state index contributed by atoms with van der Waals surface area (Å²) in [7, 11) is -4.05. The first-order valence-electron chi connectivity index (χ1n) is 7.14. The monoisotopic (exact) mass is 308 g/mol. The lowest BCUT2D eigenvalue weighted by atomic mass is 9.76. The molecule has 1 N–H and O–H groups in total. The molecule has 0 aliphatic carbocycles. The smallest absolute Gasteiger partial charge is 0.373 e. The lowest BCUT2D eigenvalue weighted by Gasteiger charge is -2.31. The highest BCUT2D eigenvalue weighted by atomic mass is 31.2. The van der Waals surface area contributed by atoms with Crippen molar-refractivity contribution >= 4 is 7.82 Å². The van der Waals surface area contributed by atoms with Crippen molar-refractivity contribution in [1.82, 2.24) is 0 Å². The fourth-order valence-corrected chi connectivity index (χ4v) is 3.65. The van der Waals surface area contributed by atoms with Gasteiger partial charge in [-0.2, -0.15) is 0 Å². The van der Waals surface area contributed by atoms with Crippen LogP contribution in [-0.4, -0.2) is 29.3 Å². The zero-order chi connectivity index (χ0) is 15.8. The van der Waals surface area contributed by atoms with Crippen LogP contribution in [0, 0.1) is 11.3 Å². The Hall–Kier alpha value is 0.0700. The molecule has 1 heterocycles. The molecule has 1 aliphatic heterocycles. The molecule has 1 aliphatic rings. The van der Waals surface area contributed by atoms with Gasteiger partial charge in [-0.3, -0.25) is 9.05 Å². The summed E-state index contributed by atoms with van der Waals surface area (Å²) in [6, 6.07) is 0. The quantitative estimate of drug-likeness (QED) is 0.801. The van der Waals surface area contributed by atoms with Crippen LogP contribution < -0.4 is 0 Å². The highest BCUT2D eigenvalue weighted by molar-refractivity contribution is 7.47. The summed E-state index contributed by atoms with van der Waals surface area (Å²) < 4.78 is 27.9. The molecule has 120 valence electrons. The van der Waals surface area contributed by atoms with Crippen LogP contribution in [0.5, 0.6) is 0 Å². The van der Waals surface area contributed by atoms with Gasteiger partial charge in [0.15, 0.2) is 0 Å². The first-order valence-corrected chi connectivity index (χ1v) is 8.63. The summed E-state index contributed by atoms with van der Waals surface area (Å²) in [6.45, 7) is 13.7. The molecule has 1 saturated heterocycles. The van der Waals surface area contributed by atoms with Gasteiger partial charge in [0.1, 0.15) is 0 Å². The van der Waals surface area contributed by atoms with Crippen molar-refractivity contribution in [2.24, 2.45) is 11.3 Å². The van der Waals surface area contributed by atoms with Crippen LogP contribution in [0.3, 0.4) is 0 Å². The normalized spacial score (nSPS) is 31.3. The van der Waals surface area contributed by atoms with Gasteiger partial charge in [0.25, 0.3) is 0 Å². The van der Waals surface area contributed by atoms with Gasteiger partial charge in [-0.25, -0.2) is 4.57 Å². The van der Waals surface area contributed by atoms with Crippen LogP contribution in [0.2, 0.25) is 0 Å². The van der Waals surface area contributed by atoms with Gasteiger partial charge in [0, 0.05) is 0 Å². The molecule has 0 aromatic heterocycles. The summed E-state index contributed by atoms with van der Waals surface area (Å²) in [5.41, 5.74) is -0.652. The number of hydrogen-bond acceptors (Lipinski definition) is 4. The van der Waals surface area contributed by atoms with Gasteiger partial charge in [-0.05, 0) is 45.4 Å². The molecule has 4 unspecified atom stereocenters. The molecule has 0 radical (unpaired) electrons. The van der Waals surface area contributed by atoms with E-state index in [1.807, 2.05) is 6.92 Å². The lowest BCUT2D eigenvalue weighted by molar-refractivity contribution is -0.0202. The third-order valence-electron chi connectivity index (χ3n) is 3.35. The molecular weight excluding hydrogens is 279 g/mol. The molecule has 6 heteroatoms. The highest BCUT2D eigenvalue weighted by Crippen LogP contribution is 2.49. The largest absolute Gasteiger partial charge is 0.472 e. The maximum atomic E-state index is 11.9. The molecular formula is C14H29O5P. The highest BCUT2D eigenvalue weighted by Gasteiger charge is 2.41. The first-order chi connectivity index (χ1) is 8.80. The van der Waals surface area contributed by atoms with E-state index in [0.29, 0.717) is 5.92 Å². The Balaban J connectivity index is 2.62. The number of phosphoric acid groups is 1. The number of phosphoric ester groups is 1. The Labute approximate surface area is 122 Å². The van der Waals surface area contributed by atoms with Crippen molar-refractivity contribution < 1.29 is 23.2 Å². The van der Waals surface area contributed by atoms with Crippen LogP contribution in [-0.2, 0) is 18.3 Å². The predicted octanol–water partition coefficient (Wildman–Crippen LogP) is 3.76. The van der Waals surface area contributed by atoms with Crippen LogP contribution in [0.15, 0.2) is 0 Å². The third kappa shape index (κ3) is 5.82. The Kier molecular flexibility index (Phi) is 5.49. The number of ether oxygens (including phenoxy) is 1. The molecule has 1 rings (SSSR count). The molecule has 0 amide bonds.